The van der Waals surface area contributed by atoms with Gasteiger partial charge in [-0.25, -0.2) is 8.42 Å². The third-order valence-electron chi connectivity index (χ3n) is 4.72. The van der Waals surface area contributed by atoms with E-state index < -0.39 is 21.8 Å². The van der Waals surface area contributed by atoms with Crippen LogP contribution in [0.1, 0.15) is 11.1 Å². The Labute approximate surface area is 162 Å². The molecular weight excluding hydrogens is 393 g/mol. The summed E-state index contributed by atoms with van der Waals surface area (Å²) in [5.74, 6) is 0.765. The zero-order chi connectivity index (χ0) is 20.4. The molecule has 1 aliphatic rings. The zero-order valence-corrected chi connectivity index (χ0v) is 16.1. The second kappa shape index (κ2) is 8.10. The van der Waals surface area contributed by atoms with Crippen molar-refractivity contribution in [3.63, 3.8) is 0 Å². The van der Waals surface area contributed by atoms with Crippen LogP contribution in [0.15, 0.2) is 53.4 Å². The molecule has 0 aromatic heterocycles. The molecule has 0 amide bonds. The molecule has 0 N–H and O–H groups in total. The lowest BCUT2D eigenvalue weighted by Gasteiger charge is -2.34. The number of alkyl halides is 3. The molecule has 1 fully saturated rings. The monoisotopic (exact) mass is 414 g/mol. The van der Waals surface area contributed by atoms with Gasteiger partial charge in [-0.2, -0.15) is 17.5 Å². The fourth-order valence-corrected chi connectivity index (χ4v) is 4.65. The fourth-order valence-electron chi connectivity index (χ4n) is 3.18. The molecule has 0 spiro atoms. The zero-order valence-electron chi connectivity index (χ0n) is 15.3. The van der Waals surface area contributed by atoms with Crippen LogP contribution in [0.2, 0.25) is 0 Å². The highest BCUT2D eigenvalue weighted by Gasteiger charge is 2.34. The van der Waals surface area contributed by atoms with Crippen molar-refractivity contribution in [2.24, 2.45) is 0 Å². The van der Waals surface area contributed by atoms with Crippen molar-refractivity contribution < 1.29 is 26.3 Å². The summed E-state index contributed by atoms with van der Waals surface area (Å²) in [6, 6.07) is 11.5. The summed E-state index contributed by atoms with van der Waals surface area (Å²) in [5, 5.41) is 0. The van der Waals surface area contributed by atoms with E-state index >= 15 is 0 Å². The molecule has 1 aliphatic heterocycles. The van der Waals surface area contributed by atoms with Gasteiger partial charge in [0.05, 0.1) is 17.6 Å². The number of sulfonamides is 1. The van der Waals surface area contributed by atoms with Gasteiger partial charge in [0.25, 0.3) is 0 Å². The summed E-state index contributed by atoms with van der Waals surface area (Å²) in [6.45, 7) is 2.01. The lowest BCUT2D eigenvalue weighted by Crippen LogP contribution is -2.48. The van der Waals surface area contributed by atoms with Gasteiger partial charge in [-0.15, -0.1) is 0 Å². The van der Waals surface area contributed by atoms with Gasteiger partial charge in [0.2, 0.25) is 10.0 Å². The maximum Gasteiger partial charge on any atom is 0.416 e. The van der Waals surface area contributed by atoms with Gasteiger partial charge in [-0.05, 0) is 24.3 Å². The Hall–Kier alpha value is -2.10. The number of benzene rings is 2. The number of hydrogen-bond acceptors (Lipinski definition) is 4. The van der Waals surface area contributed by atoms with Crippen molar-refractivity contribution in [3.8, 4) is 5.75 Å². The van der Waals surface area contributed by atoms with E-state index in [9.17, 15) is 21.6 Å². The van der Waals surface area contributed by atoms with E-state index in [0.717, 1.165) is 23.4 Å². The normalized spacial score (nSPS) is 16.9. The highest BCUT2D eigenvalue weighted by Crippen LogP contribution is 2.31. The van der Waals surface area contributed by atoms with Gasteiger partial charge >= 0.3 is 6.18 Å². The Morgan fingerprint density at radius 1 is 1.00 bits per heavy atom. The SMILES string of the molecule is COc1ccccc1CN1CCN(S(=O)(=O)c2cccc(C(F)(F)F)c2)CC1. The molecule has 0 aliphatic carbocycles. The highest BCUT2D eigenvalue weighted by molar-refractivity contribution is 7.89. The first-order valence-corrected chi connectivity index (χ1v) is 10.2. The number of halogens is 3. The molecule has 0 bridgehead atoms. The molecule has 28 heavy (non-hydrogen) atoms. The number of ether oxygens (including phenoxy) is 1. The van der Waals surface area contributed by atoms with Crippen LogP contribution in [0.5, 0.6) is 5.75 Å². The molecule has 5 nitrogen and oxygen atoms in total. The van der Waals surface area contributed by atoms with E-state index in [-0.39, 0.29) is 18.0 Å². The van der Waals surface area contributed by atoms with Gasteiger partial charge < -0.3 is 4.74 Å². The number of para-hydroxylation sites is 1. The molecule has 1 heterocycles. The van der Waals surface area contributed by atoms with E-state index in [4.69, 9.17) is 4.74 Å². The number of piperazine rings is 1. The molecule has 3 rings (SSSR count). The van der Waals surface area contributed by atoms with Gasteiger partial charge in [-0.3, -0.25) is 4.90 Å². The second-order valence-corrected chi connectivity index (χ2v) is 8.46. The van der Waals surface area contributed by atoms with Crippen LogP contribution in [0.4, 0.5) is 13.2 Å². The van der Waals surface area contributed by atoms with Crippen LogP contribution in [0, 0.1) is 0 Å². The Morgan fingerprint density at radius 3 is 2.32 bits per heavy atom. The van der Waals surface area contributed by atoms with E-state index in [0.29, 0.717) is 25.7 Å². The average molecular weight is 414 g/mol. The first-order chi connectivity index (χ1) is 13.2. The molecule has 0 radical (unpaired) electrons. The van der Waals surface area contributed by atoms with Crippen LogP contribution in [0.25, 0.3) is 0 Å². The Kier molecular flexibility index (Phi) is 5.97. The summed E-state index contributed by atoms with van der Waals surface area (Å²) in [5.41, 5.74) is 0.0302. The third kappa shape index (κ3) is 4.48. The van der Waals surface area contributed by atoms with Crippen molar-refractivity contribution in [3.05, 3.63) is 59.7 Å². The molecule has 9 heteroatoms. The highest BCUT2D eigenvalue weighted by atomic mass is 32.2. The van der Waals surface area contributed by atoms with Crippen LogP contribution in [0.3, 0.4) is 0 Å². The Morgan fingerprint density at radius 2 is 1.68 bits per heavy atom. The van der Waals surface area contributed by atoms with E-state index in [1.807, 2.05) is 24.3 Å². The minimum atomic E-state index is -4.58. The molecule has 2 aromatic carbocycles. The van der Waals surface area contributed by atoms with Crippen molar-refractivity contribution in [2.45, 2.75) is 17.6 Å². The smallest absolute Gasteiger partial charge is 0.416 e. The van der Waals surface area contributed by atoms with Crippen molar-refractivity contribution in [1.82, 2.24) is 9.21 Å². The standard InChI is InChI=1S/C19H21F3N2O3S/c1-27-18-8-3-2-5-15(18)14-23-9-11-24(12-10-23)28(25,26)17-7-4-6-16(13-17)19(20,21)22/h2-8,13H,9-12,14H2,1H3. The van der Waals surface area contributed by atoms with Gasteiger partial charge in [-0.1, -0.05) is 24.3 Å². The number of hydrogen-bond donors (Lipinski definition) is 0. The first kappa shape index (κ1) is 20.6. The van der Waals surface area contributed by atoms with Gasteiger partial charge in [0, 0.05) is 38.3 Å². The third-order valence-corrected chi connectivity index (χ3v) is 6.61. The van der Waals surface area contributed by atoms with E-state index in [2.05, 4.69) is 4.90 Å². The van der Waals surface area contributed by atoms with Gasteiger partial charge in [0.1, 0.15) is 5.75 Å². The molecule has 2 aromatic rings. The summed E-state index contributed by atoms with van der Waals surface area (Å²) in [4.78, 5) is 1.76. The lowest BCUT2D eigenvalue weighted by atomic mass is 10.2. The summed E-state index contributed by atoms with van der Waals surface area (Å²) < 4.78 is 70.8. The first-order valence-electron chi connectivity index (χ1n) is 8.73. The van der Waals surface area contributed by atoms with Crippen molar-refractivity contribution in [1.29, 1.82) is 0 Å². The number of nitrogens with zero attached hydrogens (tertiary/aromatic N) is 2. The molecular formula is C19H21F3N2O3S. The van der Waals surface area contributed by atoms with Crippen LogP contribution < -0.4 is 4.74 Å². The van der Waals surface area contributed by atoms with Crippen LogP contribution >= 0.6 is 0 Å². The predicted molar refractivity (Wildman–Crippen MR) is 98.5 cm³/mol. The molecule has 0 saturated carbocycles. The molecule has 1 saturated heterocycles. The fraction of sp³-hybridized carbons (Fsp3) is 0.368. The van der Waals surface area contributed by atoms with Crippen LogP contribution in [-0.4, -0.2) is 50.9 Å². The minimum absolute atomic E-state index is 0.216. The van der Waals surface area contributed by atoms with Crippen molar-refractivity contribution in [2.75, 3.05) is 33.3 Å². The summed E-state index contributed by atoms with van der Waals surface area (Å²) in [7, 11) is -2.38. The lowest BCUT2D eigenvalue weighted by molar-refractivity contribution is -0.137. The van der Waals surface area contributed by atoms with Gasteiger partial charge in [0.15, 0.2) is 0 Å². The van der Waals surface area contributed by atoms with Crippen LogP contribution in [-0.2, 0) is 22.7 Å². The number of rotatable bonds is 5. The largest absolute Gasteiger partial charge is 0.496 e. The maximum absolute atomic E-state index is 12.9. The van der Waals surface area contributed by atoms with E-state index in [1.54, 1.807) is 7.11 Å². The predicted octanol–water partition coefficient (Wildman–Crippen LogP) is 3.22. The quantitative estimate of drug-likeness (QED) is 0.754. The van der Waals surface area contributed by atoms with Crippen molar-refractivity contribution >= 4 is 10.0 Å². The summed E-state index contributed by atoms with van der Waals surface area (Å²) in [6.07, 6.45) is -4.58. The number of methoxy groups -OCH3 is 1. The molecule has 0 unspecified atom stereocenters. The molecule has 152 valence electrons. The second-order valence-electron chi connectivity index (χ2n) is 6.52. The maximum atomic E-state index is 12.9. The topological polar surface area (TPSA) is 49.9 Å². The average Bonchev–Trinajstić information content (AvgIpc) is 2.68. The van der Waals surface area contributed by atoms with E-state index in [1.165, 1.54) is 10.4 Å². The Bertz CT molecular complexity index is 924. The summed E-state index contributed by atoms with van der Waals surface area (Å²) >= 11 is 0. The minimum Gasteiger partial charge on any atom is -0.496 e. The molecule has 0 atom stereocenters. The Balaban J connectivity index is 1.69.